The van der Waals surface area contributed by atoms with E-state index in [9.17, 15) is 0 Å². The third-order valence-corrected chi connectivity index (χ3v) is 16.6. The highest BCUT2D eigenvalue weighted by Crippen LogP contribution is 2.36. The van der Waals surface area contributed by atoms with E-state index in [1.54, 1.807) is 0 Å². The van der Waals surface area contributed by atoms with Gasteiger partial charge in [-0.2, -0.15) is 10.2 Å². The number of benzene rings is 10. The molecular weight excluding hydrogens is 1080 g/mol. The van der Waals surface area contributed by atoms with Crippen molar-refractivity contribution >= 4 is 73.4 Å². The highest BCUT2D eigenvalue weighted by Gasteiger charge is 2.16. The molecule has 0 N–H and O–H groups in total. The van der Waals surface area contributed by atoms with Gasteiger partial charge in [0.1, 0.15) is 0 Å². The molecule has 9 heteroatoms. The maximum Gasteiger partial charge on any atom is 0.248 e. The Hall–Kier alpha value is -9.86. The highest BCUT2D eigenvalue weighted by molar-refractivity contribution is 6.09. The van der Waals surface area contributed by atoms with Gasteiger partial charge in [-0.05, 0) is 199 Å². The summed E-state index contributed by atoms with van der Waals surface area (Å²) in [4.78, 5) is 2.35. The molecule has 0 amide bonds. The standard InChI is InChI=1S/C31H35N3.C30H29N3.C18H18N2O/c1-5-24-13-20-28(21-14-24)34(31-22-17-26(6-2)29-11-9-10-12-30(29)31)32-23-25-15-18-27(19-16-25)33(7-3)8-4;1-4-22-10-15-25(16-11-22)33(26-17-12-23(5-2)13-18-26)31-21-24-14-19-30-28(20-24)27-8-6-7-9-29(27)32(30)3;1-3-13-5-9-15(10-6-13)17-19-20-18(21-17)16-11-7-14(4-2)8-12-16/h9-23H,5-8H2,1-4H3;6-21H,4-5H2,1-3H3;5-12H,3-4H2,1-2H3/b32-23+;31-21+;. The molecule has 0 radical (unpaired) electrons. The van der Waals surface area contributed by atoms with Crippen molar-refractivity contribution in [2.24, 2.45) is 17.3 Å². The van der Waals surface area contributed by atoms with Crippen molar-refractivity contribution in [1.29, 1.82) is 0 Å². The Bertz CT molecular complexity index is 4120. The largest absolute Gasteiger partial charge is 0.416 e. The Morgan fingerprint density at radius 2 is 0.784 bits per heavy atom. The van der Waals surface area contributed by atoms with Crippen LogP contribution < -0.4 is 14.9 Å². The Morgan fingerprint density at radius 1 is 0.375 bits per heavy atom. The molecule has 0 saturated heterocycles. The Balaban J connectivity index is 0.000000150. The van der Waals surface area contributed by atoms with Gasteiger partial charge in [0.2, 0.25) is 11.8 Å². The fourth-order valence-electron chi connectivity index (χ4n) is 11.1. The Kier molecular flexibility index (Phi) is 20.5. The molecule has 9 nitrogen and oxygen atoms in total. The average Bonchev–Trinajstić information content (AvgIpc) is 1.87. The number of hydrogen-bond donors (Lipinski definition) is 0. The van der Waals surface area contributed by atoms with Gasteiger partial charge in [-0.1, -0.05) is 169 Å². The van der Waals surface area contributed by atoms with Crippen LogP contribution in [0.1, 0.15) is 99.9 Å². The van der Waals surface area contributed by atoms with E-state index < -0.39 is 0 Å². The summed E-state index contributed by atoms with van der Waals surface area (Å²) in [6, 6.07) is 79.4. The number of hydrogen-bond acceptors (Lipinski definition) is 8. The minimum atomic E-state index is 0.562. The molecule has 2 aromatic heterocycles. The molecule has 2 heterocycles. The van der Waals surface area contributed by atoms with Gasteiger partial charge in [0.05, 0.1) is 35.2 Å². The summed E-state index contributed by atoms with van der Waals surface area (Å²) in [5.74, 6) is 1.12. The van der Waals surface area contributed by atoms with Crippen molar-refractivity contribution in [2.45, 2.75) is 93.9 Å². The van der Waals surface area contributed by atoms with Crippen LogP contribution in [0.3, 0.4) is 0 Å². The Morgan fingerprint density at radius 3 is 1.27 bits per heavy atom. The average molecular weight is 1160 g/mol. The summed E-state index contributed by atoms with van der Waals surface area (Å²) in [5, 5.41) is 27.4. The van der Waals surface area contributed by atoms with Crippen LogP contribution in [0.15, 0.2) is 239 Å². The lowest BCUT2D eigenvalue weighted by Crippen LogP contribution is -2.21. The van der Waals surface area contributed by atoms with Crippen LogP contribution in [-0.4, -0.2) is 40.3 Å². The molecule has 0 aliphatic carbocycles. The van der Waals surface area contributed by atoms with Gasteiger partial charge in [-0.25, -0.2) is 10.0 Å². The van der Waals surface area contributed by atoms with Crippen molar-refractivity contribution in [1.82, 2.24) is 14.8 Å². The zero-order valence-electron chi connectivity index (χ0n) is 52.7. The number of aryl methyl sites for hydroxylation is 7. The first kappa shape index (κ1) is 61.2. The number of rotatable bonds is 19. The van der Waals surface area contributed by atoms with Gasteiger partial charge in [0, 0.05) is 64.1 Å². The van der Waals surface area contributed by atoms with Gasteiger partial charge in [-0.3, -0.25) is 0 Å². The van der Waals surface area contributed by atoms with Crippen LogP contribution >= 0.6 is 0 Å². The van der Waals surface area contributed by atoms with E-state index in [1.165, 1.54) is 71.6 Å². The van der Waals surface area contributed by atoms with Crippen LogP contribution in [0.5, 0.6) is 0 Å². The number of hydrazone groups is 2. The van der Waals surface area contributed by atoms with E-state index in [4.69, 9.17) is 14.6 Å². The van der Waals surface area contributed by atoms with Crippen molar-refractivity contribution in [2.75, 3.05) is 28.0 Å². The first-order chi connectivity index (χ1) is 43.1. The molecule has 0 bridgehead atoms. The quantitative estimate of drug-likeness (QED) is 0.0593. The molecule has 444 valence electrons. The van der Waals surface area contributed by atoms with E-state index in [1.807, 2.05) is 41.7 Å². The molecule has 0 saturated carbocycles. The summed E-state index contributed by atoms with van der Waals surface area (Å²) in [5.41, 5.74) is 20.0. The molecule has 0 aliphatic heterocycles. The molecule has 0 aliphatic rings. The second-order valence-electron chi connectivity index (χ2n) is 21.9. The highest BCUT2D eigenvalue weighted by atomic mass is 16.4. The van der Waals surface area contributed by atoms with Crippen LogP contribution in [-0.2, 0) is 45.6 Å². The van der Waals surface area contributed by atoms with Crippen LogP contribution in [0.4, 0.5) is 28.4 Å². The lowest BCUT2D eigenvalue weighted by molar-refractivity contribution is 0.584. The maximum absolute atomic E-state index is 5.78. The normalized spacial score (nSPS) is 11.3. The predicted octanol–water partition coefficient (Wildman–Crippen LogP) is 20.1. The van der Waals surface area contributed by atoms with Crippen molar-refractivity contribution in [3.05, 3.63) is 269 Å². The maximum atomic E-state index is 5.78. The third kappa shape index (κ3) is 14.3. The second-order valence-corrected chi connectivity index (χ2v) is 21.9. The zero-order valence-corrected chi connectivity index (χ0v) is 52.7. The van der Waals surface area contributed by atoms with E-state index in [0.29, 0.717) is 11.8 Å². The second kappa shape index (κ2) is 29.5. The lowest BCUT2D eigenvalue weighted by Gasteiger charge is -2.23. The molecular formula is C79H82N8O. The molecule has 0 unspecified atom stereocenters. The van der Waals surface area contributed by atoms with Crippen molar-refractivity contribution < 1.29 is 4.42 Å². The van der Waals surface area contributed by atoms with E-state index in [2.05, 4.69) is 287 Å². The van der Waals surface area contributed by atoms with Crippen LogP contribution in [0.25, 0.3) is 55.5 Å². The lowest BCUT2D eigenvalue weighted by atomic mass is 10.0. The summed E-state index contributed by atoms with van der Waals surface area (Å²) in [6.45, 7) is 19.4. The first-order valence-corrected chi connectivity index (χ1v) is 31.5. The fourth-order valence-corrected chi connectivity index (χ4v) is 11.1. The molecule has 88 heavy (non-hydrogen) atoms. The first-order valence-electron chi connectivity index (χ1n) is 31.5. The molecule has 12 aromatic rings. The minimum Gasteiger partial charge on any atom is -0.416 e. The minimum absolute atomic E-state index is 0.562. The summed E-state index contributed by atoms with van der Waals surface area (Å²) < 4.78 is 8.03. The van der Waals surface area contributed by atoms with E-state index in [0.717, 1.165) is 96.6 Å². The van der Waals surface area contributed by atoms with E-state index in [-0.39, 0.29) is 0 Å². The molecule has 10 aromatic carbocycles. The molecule has 0 spiro atoms. The Labute approximate surface area is 521 Å². The SMILES string of the molecule is CCc1ccc(-c2nnc(-c3ccc(CC)cc3)o2)cc1.CCc1ccc(N(/N=C/c2ccc(N(CC)CC)cc2)c2ccc(CC)c3ccccc23)cc1.CCc1ccc(N(/N=C/c2ccc3c(c2)c2ccccc2n3C)c2ccc(CC)cc2)cc1. The number of anilines is 5. The summed E-state index contributed by atoms with van der Waals surface area (Å²) >= 11 is 0. The van der Waals surface area contributed by atoms with Gasteiger partial charge >= 0.3 is 0 Å². The fraction of sp³-hybridized carbons (Fsp3) is 0.215. The smallest absolute Gasteiger partial charge is 0.248 e. The number of aromatic nitrogens is 3. The summed E-state index contributed by atoms with van der Waals surface area (Å²) in [7, 11) is 2.13. The summed E-state index contributed by atoms with van der Waals surface area (Å²) in [6.07, 6.45) is 10.1. The van der Waals surface area contributed by atoms with Gasteiger partial charge in [0.15, 0.2) is 0 Å². The molecule has 12 rings (SSSR count). The number of para-hydroxylation sites is 1. The van der Waals surface area contributed by atoms with E-state index >= 15 is 0 Å². The zero-order chi connectivity index (χ0) is 61.4. The van der Waals surface area contributed by atoms with Crippen LogP contribution in [0.2, 0.25) is 0 Å². The van der Waals surface area contributed by atoms with Gasteiger partial charge in [0.25, 0.3) is 0 Å². The van der Waals surface area contributed by atoms with Crippen molar-refractivity contribution in [3.8, 4) is 22.9 Å². The van der Waals surface area contributed by atoms with Crippen molar-refractivity contribution in [3.63, 3.8) is 0 Å². The monoisotopic (exact) mass is 1160 g/mol. The predicted molar refractivity (Wildman–Crippen MR) is 375 cm³/mol. The molecule has 0 fully saturated rings. The van der Waals surface area contributed by atoms with Gasteiger partial charge in [-0.15, -0.1) is 10.2 Å². The molecule has 0 atom stereocenters. The number of nitrogens with zero attached hydrogens (tertiary/aromatic N) is 8. The van der Waals surface area contributed by atoms with Gasteiger partial charge < -0.3 is 13.9 Å². The third-order valence-electron chi connectivity index (χ3n) is 16.6. The topological polar surface area (TPSA) is 78.3 Å². The van der Waals surface area contributed by atoms with Crippen LogP contribution in [0, 0.1) is 0 Å². The number of fused-ring (bicyclic) bond motifs is 4.